The number of benzene rings is 1. The van der Waals surface area contributed by atoms with Crippen LogP contribution >= 0.6 is 11.3 Å². The molecule has 1 aliphatic rings. The van der Waals surface area contributed by atoms with Gasteiger partial charge in [-0.15, -0.1) is 21.5 Å². The summed E-state index contributed by atoms with van der Waals surface area (Å²) in [5.74, 6) is 0.808. The third-order valence-electron chi connectivity index (χ3n) is 5.28. The summed E-state index contributed by atoms with van der Waals surface area (Å²) in [6.07, 6.45) is 2.52. The molecule has 4 heterocycles. The second-order valence-electron chi connectivity index (χ2n) is 7.12. The molecule has 0 bridgehead atoms. The van der Waals surface area contributed by atoms with Gasteiger partial charge in [0.2, 0.25) is 0 Å². The van der Waals surface area contributed by atoms with Crippen LogP contribution in [-0.2, 0) is 26.6 Å². The highest BCUT2D eigenvalue weighted by Crippen LogP contribution is 2.30. The van der Waals surface area contributed by atoms with Gasteiger partial charge in [-0.05, 0) is 17.0 Å². The van der Waals surface area contributed by atoms with Crippen molar-refractivity contribution in [2.75, 3.05) is 6.54 Å². The molecule has 29 heavy (non-hydrogen) atoms. The Hall–Kier alpha value is -3.26. The zero-order valence-electron chi connectivity index (χ0n) is 16.0. The van der Waals surface area contributed by atoms with E-state index in [4.69, 9.17) is 5.10 Å². The van der Waals surface area contributed by atoms with Crippen LogP contribution in [0.4, 0.5) is 0 Å². The summed E-state index contributed by atoms with van der Waals surface area (Å²) in [6.45, 7) is 1.90. The summed E-state index contributed by atoms with van der Waals surface area (Å²) in [6, 6.07) is 14.0. The number of rotatable bonds is 4. The van der Waals surface area contributed by atoms with Gasteiger partial charge in [-0.3, -0.25) is 9.48 Å². The van der Waals surface area contributed by atoms with Gasteiger partial charge in [0.05, 0.1) is 18.0 Å². The van der Waals surface area contributed by atoms with Crippen molar-refractivity contribution in [1.82, 2.24) is 29.4 Å². The molecular formula is C21H20N6OS. The molecule has 0 fully saturated rings. The fraction of sp³-hybridized carbons (Fsp3) is 0.238. The molecule has 7 nitrogen and oxygen atoms in total. The van der Waals surface area contributed by atoms with E-state index in [2.05, 4.69) is 22.3 Å². The van der Waals surface area contributed by atoms with Crippen LogP contribution < -0.4 is 0 Å². The third-order valence-corrected chi connectivity index (χ3v) is 6.14. The second-order valence-corrected chi connectivity index (χ2v) is 8.07. The molecule has 4 aromatic rings. The van der Waals surface area contributed by atoms with Crippen molar-refractivity contribution in [3.05, 3.63) is 75.9 Å². The highest BCUT2D eigenvalue weighted by molar-refractivity contribution is 7.12. The first-order valence-corrected chi connectivity index (χ1v) is 10.4. The average molecular weight is 404 g/mol. The van der Waals surface area contributed by atoms with Gasteiger partial charge in [-0.1, -0.05) is 36.4 Å². The molecule has 0 saturated carbocycles. The summed E-state index contributed by atoms with van der Waals surface area (Å²) < 4.78 is 3.93. The van der Waals surface area contributed by atoms with Gasteiger partial charge < -0.3 is 9.47 Å². The van der Waals surface area contributed by atoms with E-state index in [1.807, 2.05) is 56.9 Å². The van der Waals surface area contributed by atoms with Crippen molar-refractivity contribution in [3.63, 3.8) is 0 Å². The first-order valence-electron chi connectivity index (χ1n) is 9.50. The molecule has 3 aromatic heterocycles. The van der Waals surface area contributed by atoms with Gasteiger partial charge >= 0.3 is 0 Å². The molecule has 146 valence electrons. The molecule has 0 unspecified atom stereocenters. The predicted octanol–water partition coefficient (Wildman–Crippen LogP) is 2.99. The number of carbonyl (C=O) groups excluding carboxylic acids is 1. The first kappa shape index (κ1) is 17.8. The lowest BCUT2D eigenvalue weighted by atomic mass is 10.0. The predicted molar refractivity (Wildman–Crippen MR) is 111 cm³/mol. The van der Waals surface area contributed by atoms with Gasteiger partial charge in [0.25, 0.3) is 5.91 Å². The number of amides is 1. The number of nitrogens with zero attached hydrogens (tertiary/aromatic N) is 6. The van der Waals surface area contributed by atoms with Crippen LogP contribution in [0.5, 0.6) is 0 Å². The zero-order chi connectivity index (χ0) is 19.8. The molecule has 0 saturated heterocycles. The fourth-order valence-corrected chi connectivity index (χ4v) is 4.53. The van der Waals surface area contributed by atoms with E-state index in [1.165, 1.54) is 16.9 Å². The monoisotopic (exact) mass is 404 g/mol. The van der Waals surface area contributed by atoms with E-state index in [9.17, 15) is 4.79 Å². The van der Waals surface area contributed by atoms with E-state index >= 15 is 0 Å². The molecule has 0 N–H and O–H groups in total. The summed E-state index contributed by atoms with van der Waals surface area (Å²) in [4.78, 5) is 15.5. The largest absolute Gasteiger partial charge is 0.333 e. The van der Waals surface area contributed by atoms with E-state index in [0.717, 1.165) is 34.1 Å². The Morgan fingerprint density at radius 1 is 1.17 bits per heavy atom. The lowest BCUT2D eigenvalue weighted by molar-refractivity contribution is 0.0738. The summed E-state index contributed by atoms with van der Waals surface area (Å²) in [5, 5.41) is 15.2. The summed E-state index contributed by atoms with van der Waals surface area (Å²) in [5.41, 5.74) is 4.20. The van der Waals surface area contributed by atoms with Crippen LogP contribution in [0.15, 0.2) is 54.2 Å². The number of hydrogen-bond donors (Lipinski definition) is 0. The van der Waals surface area contributed by atoms with E-state index in [1.54, 1.807) is 6.33 Å². The van der Waals surface area contributed by atoms with E-state index in [-0.39, 0.29) is 5.91 Å². The Balaban J connectivity index is 1.48. The smallest absolute Gasteiger partial charge is 0.264 e. The lowest BCUT2D eigenvalue weighted by Gasteiger charge is -2.27. The van der Waals surface area contributed by atoms with Crippen LogP contribution in [0.3, 0.4) is 0 Å². The van der Waals surface area contributed by atoms with Crippen molar-refractivity contribution in [2.45, 2.75) is 19.5 Å². The molecule has 5 rings (SSSR count). The first-order chi connectivity index (χ1) is 14.2. The van der Waals surface area contributed by atoms with Crippen LogP contribution in [0.25, 0.3) is 11.5 Å². The number of fused-ring (bicyclic) bond motifs is 1. The molecule has 0 aliphatic carbocycles. The molecule has 1 amide bonds. The Bertz CT molecular complexity index is 1150. The molecule has 8 heteroatoms. The third kappa shape index (κ3) is 3.25. The minimum absolute atomic E-state index is 0.0752. The molecule has 0 spiro atoms. The van der Waals surface area contributed by atoms with Gasteiger partial charge in [0.15, 0.2) is 5.82 Å². The topological polar surface area (TPSA) is 68.8 Å². The molecule has 0 atom stereocenters. The Morgan fingerprint density at radius 3 is 2.83 bits per heavy atom. The van der Waals surface area contributed by atoms with Crippen LogP contribution in [-0.4, -0.2) is 41.9 Å². The van der Waals surface area contributed by atoms with Crippen LogP contribution in [0, 0.1) is 0 Å². The van der Waals surface area contributed by atoms with E-state index in [0.29, 0.717) is 19.6 Å². The highest BCUT2D eigenvalue weighted by Gasteiger charge is 2.29. The molecule has 1 aliphatic heterocycles. The van der Waals surface area contributed by atoms with Gasteiger partial charge in [0, 0.05) is 31.3 Å². The Kier molecular flexibility index (Phi) is 4.48. The van der Waals surface area contributed by atoms with Gasteiger partial charge in [0.1, 0.15) is 12.0 Å². The van der Waals surface area contributed by atoms with Crippen molar-refractivity contribution < 1.29 is 4.79 Å². The van der Waals surface area contributed by atoms with Crippen molar-refractivity contribution in [1.29, 1.82) is 0 Å². The number of thiophene rings is 1. The summed E-state index contributed by atoms with van der Waals surface area (Å²) in [7, 11) is 1.96. The number of hydrogen-bond acceptors (Lipinski definition) is 5. The standard InChI is InChI=1S/C21H20N6OS/c1-25-17-9-10-26(21(28)18-8-5-11-29-18)13-16(17)19(24-25)20-23-22-14-27(20)12-15-6-3-2-4-7-15/h2-8,11,14H,9-10,12-13H2,1H3. The SMILES string of the molecule is Cn1nc(-c2nncn2Cc2ccccc2)c2c1CCN(C(=O)c1cccs1)C2. The summed E-state index contributed by atoms with van der Waals surface area (Å²) >= 11 is 1.48. The fourth-order valence-electron chi connectivity index (χ4n) is 3.84. The quantitative estimate of drug-likeness (QED) is 0.524. The Morgan fingerprint density at radius 2 is 2.03 bits per heavy atom. The maximum absolute atomic E-state index is 12.9. The highest BCUT2D eigenvalue weighted by atomic mass is 32.1. The van der Waals surface area contributed by atoms with Crippen LogP contribution in [0.2, 0.25) is 0 Å². The second kappa shape index (κ2) is 7.29. The minimum atomic E-state index is 0.0752. The maximum Gasteiger partial charge on any atom is 0.264 e. The van der Waals surface area contributed by atoms with Crippen molar-refractivity contribution in [3.8, 4) is 11.5 Å². The molecule has 0 radical (unpaired) electrons. The zero-order valence-corrected chi connectivity index (χ0v) is 16.8. The van der Waals surface area contributed by atoms with Crippen molar-refractivity contribution >= 4 is 17.2 Å². The molecular weight excluding hydrogens is 384 g/mol. The van der Waals surface area contributed by atoms with E-state index < -0.39 is 0 Å². The number of carbonyl (C=O) groups is 1. The normalized spacial score (nSPS) is 13.5. The maximum atomic E-state index is 12.9. The van der Waals surface area contributed by atoms with Crippen molar-refractivity contribution in [2.24, 2.45) is 7.05 Å². The molecule has 1 aromatic carbocycles. The number of aryl methyl sites for hydroxylation is 1. The van der Waals surface area contributed by atoms with Gasteiger partial charge in [-0.2, -0.15) is 5.10 Å². The minimum Gasteiger partial charge on any atom is -0.333 e. The lowest BCUT2D eigenvalue weighted by Crippen LogP contribution is -2.36. The Labute approximate surface area is 172 Å². The average Bonchev–Trinajstić information content (AvgIpc) is 3.49. The van der Waals surface area contributed by atoms with Gasteiger partial charge in [-0.25, -0.2) is 0 Å². The number of aromatic nitrogens is 5. The van der Waals surface area contributed by atoms with Crippen LogP contribution in [0.1, 0.15) is 26.5 Å².